The Morgan fingerprint density at radius 1 is 1.35 bits per heavy atom. The third-order valence-corrected chi connectivity index (χ3v) is 3.37. The van der Waals surface area contributed by atoms with Crippen molar-refractivity contribution in [1.29, 1.82) is 5.26 Å². The summed E-state index contributed by atoms with van der Waals surface area (Å²) in [4.78, 5) is 5.08. The van der Waals surface area contributed by atoms with Crippen molar-refractivity contribution in [2.45, 2.75) is 16.8 Å². The van der Waals surface area contributed by atoms with Gasteiger partial charge in [-0.25, -0.2) is 4.98 Å². The number of benzene rings is 1. The number of aromatic nitrogens is 1. The van der Waals surface area contributed by atoms with Crippen LogP contribution < -0.4 is 5.73 Å². The molecule has 2 N–H and O–H groups in total. The molecule has 0 radical (unpaired) electrons. The molecule has 1 aromatic heterocycles. The van der Waals surface area contributed by atoms with Gasteiger partial charge in [-0.1, -0.05) is 17.8 Å². The molecular weight excluding hydrogens is 230 g/mol. The molecule has 2 aromatic rings. The summed E-state index contributed by atoms with van der Waals surface area (Å²) >= 11 is 1.42. The molecule has 1 aromatic carbocycles. The van der Waals surface area contributed by atoms with Gasteiger partial charge in [0.15, 0.2) is 0 Å². The Morgan fingerprint density at radius 3 is 2.88 bits per heavy atom. The lowest BCUT2D eigenvalue weighted by Gasteiger charge is -2.06. The quantitative estimate of drug-likeness (QED) is 0.878. The summed E-state index contributed by atoms with van der Waals surface area (Å²) in [5.41, 5.74) is 8.17. The first-order valence-electron chi connectivity index (χ1n) is 5.10. The zero-order valence-corrected chi connectivity index (χ0v) is 10.2. The second kappa shape index (κ2) is 4.89. The van der Waals surface area contributed by atoms with Crippen LogP contribution in [0.2, 0.25) is 0 Å². The van der Waals surface area contributed by atoms with Crippen LogP contribution in [0.1, 0.15) is 11.1 Å². The van der Waals surface area contributed by atoms with Crippen LogP contribution in [0.4, 0.5) is 5.69 Å². The molecule has 0 aliphatic carbocycles. The maximum Gasteiger partial charge on any atom is 0.124 e. The average Bonchev–Trinajstić information content (AvgIpc) is 2.34. The van der Waals surface area contributed by atoms with Crippen molar-refractivity contribution in [3.63, 3.8) is 0 Å². The van der Waals surface area contributed by atoms with Crippen LogP contribution in [0.3, 0.4) is 0 Å². The van der Waals surface area contributed by atoms with E-state index in [2.05, 4.69) is 11.1 Å². The highest BCUT2D eigenvalue weighted by molar-refractivity contribution is 7.99. The normalized spacial score (nSPS) is 9.88. The Morgan fingerprint density at radius 2 is 2.18 bits per heavy atom. The Bertz CT molecular complexity index is 587. The van der Waals surface area contributed by atoms with Crippen molar-refractivity contribution in [3.05, 3.63) is 47.7 Å². The third-order valence-electron chi connectivity index (χ3n) is 2.26. The number of nitrogen functional groups attached to an aromatic ring is 1. The molecule has 4 heteroatoms. The second-order valence-electron chi connectivity index (χ2n) is 3.61. The Kier molecular flexibility index (Phi) is 3.31. The molecule has 0 aliphatic heterocycles. The van der Waals surface area contributed by atoms with Crippen LogP contribution in [0, 0.1) is 18.3 Å². The van der Waals surface area contributed by atoms with E-state index in [9.17, 15) is 0 Å². The topological polar surface area (TPSA) is 62.7 Å². The van der Waals surface area contributed by atoms with E-state index < -0.39 is 0 Å². The van der Waals surface area contributed by atoms with E-state index in [-0.39, 0.29) is 0 Å². The van der Waals surface area contributed by atoms with E-state index in [0.717, 1.165) is 15.5 Å². The maximum absolute atomic E-state index is 9.08. The van der Waals surface area contributed by atoms with Crippen molar-refractivity contribution in [2.75, 3.05) is 5.73 Å². The van der Waals surface area contributed by atoms with Gasteiger partial charge >= 0.3 is 0 Å². The number of nitriles is 1. The van der Waals surface area contributed by atoms with Crippen molar-refractivity contribution in [3.8, 4) is 6.07 Å². The van der Waals surface area contributed by atoms with E-state index in [1.165, 1.54) is 11.8 Å². The number of nitrogens with zero attached hydrogens (tertiary/aromatic N) is 2. The molecule has 0 saturated heterocycles. The Hall–Kier alpha value is -1.99. The summed E-state index contributed by atoms with van der Waals surface area (Å²) in [6.45, 7) is 1.96. The van der Waals surface area contributed by atoms with Crippen molar-refractivity contribution in [2.24, 2.45) is 0 Å². The van der Waals surface area contributed by atoms with Crippen LogP contribution >= 0.6 is 11.8 Å². The van der Waals surface area contributed by atoms with Gasteiger partial charge in [-0.2, -0.15) is 5.26 Å². The van der Waals surface area contributed by atoms with Gasteiger partial charge in [0, 0.05) is 11.1 Å². The summed E-state index contributed by atoms with van der Waals surface area (Å²) in [7, 11) is 0. The van der Waals surface area contributed by atoms with Crippen molar-refractivity contribution in [1.82, 2.24) is 4.98 Å². The lowest BCUT2D eigenvalue weighted by molar-refractivity contribution is 1.14. The number of pyridine rings is 1. The van der Waals surface area contributed by atoms with Gasteiger partial charge in [-0.15, -0.1) is 0 Å². The van der Waals surface area contributed by atoms with Gasteiger partial charge in [-0.05, 0) is 36.8 Å². The van der Waals surface area contributed by atoms with E-state index in [0.29, 0.717) is 11.3 Å². The van der Waals surface area contributed by atoms with Crippen molar-refractivity contribution < 1.29 is 0 Å². The summed E-state index contributed by atoms with van der Waals surface area (Å²) in [5, 5.41) is 9.80. The molecule has 17 heavy (non-hydrogen) atoms. The molecule has 2 rings (SSSR count). The number of anilines is 1. The monoisotopic (exact) mass is 241 g/mol. The van der Waals surface area contributed by atoms with Crippen LogP contribution in [-0.4, -0.2) is 4.98 Å². The fourth-order valence-electron chi connectivity index (χ4n) is 1.41. The summed E-state index contributed by atoms with van der Waals surface area (Å²) in [6, 6.07) is 11.5. The van der Waals surface area contributed by atoms with Crippen LogP contribution in [0.25, 0.3) is 0 Å². The third kappa shape index (κ3) is 2.58. The fraction of sp³-hybridized carbons (Fsp3) is 0.0769. The first-order chi connectivity index (χ1) is 8.20. The highest BCUT2D eigenvalue weighted by Crippen LogP contribution is 2.32. The maximum atomic E-state index is 9.08. The van der Waals surface area contributed by atoms with Gasteiger partial charge < -0.3 is 5.73 Å². The van der Waals surface area contributed by atoms with Gasteiger partial charge in [0.05, 0.1) is 11.3 Å². The second-order valence-corrected chi connectivity index (χ2v) is 4.64. The zero-order chi connectivity index (χ0) is 12.3. The van der Waals surface area contributed by atoms with Gasteiger partial charge in [0.2, 0.25) is 0 Å². The molecular formula is C13H11N3S. The minimum Gasteiger partial charge on any atom is -0.397 e. The molecule has 0 aliphatic rings. The average molecular weight is 241 g/mol. The largest absolute Gasteiger partial charge is 0.397 e. The molecule has 0 spiro atoms. The standard InChI is InChI=1S/C13H11N3S/c1-9-4-5-12(10(7-9)8-14)17-13-11(15)3-2-6-16-13/h2-7H,15H2,1H3. The first-order valence-corrected chi connectivity index (χ1v) is 5.91. The molecule has 1 heterocycles. The minimum absolute atomic E-state index is 0.627. The smallest absolute Gasteiger partial charge is 0.124 e. The number of aryl methyl sites for hydroxylation is 1. The number of hydrogen-bond acceptors (Lipinski definition) is 4. The molecule has 0 amide bonds. The predicted octanol–water partition coefficient (Wildman–Crippen LogP) is 3.00. The predicted molar refractivity (Wildman–Crippen MR) is 68.7 cm³/mol. The van der Waals surface area contributed by atoms with Gasteiger partial charge in [0.1, 0.15) is 11.1 Å². The van der Waals surface area contributed by atoms with Crippen LogP contribution in [0.5, 0.6) is 0 Å². The van der Waals surface area contributed by atoms with E-state index in [4.69, 9.17) is 11.0 Å². The molecule has 0 saturated carbocycles. The fourth-order valence-corrected chi connectivity index (χ4v) is 2.27. The van der Waals surface area contributed by atoms with Gasteiger partial charge in [-0.3, -0.25) is 0 Å². The molecule has 0 fully saturated rings. The lowest BCUT2D eigenvalue weighted by atomic mass is 10.2. The summed E-state index contributed by atoms with van der Waals surface area (Å²) in [5.74, 6) is 0. The lowest BCUT2D eigenvalue weighted by Crippen LogP contribution is -1.91. The Balaban J connectivity index is 2.37. The summed E-state index contributed by atoms with van der Waals surface area (Å²) < 4.78 is 0. The van der Waals surface area contributed by atoms with Crippen molar-refractivity contribution >= 4 is 17.4 Å². The SMILES string of the molecule is Cc1ccc(Sc2ncccc2N)c(C#N)c1. The minimum atomic E-state index is 0.627. The zero-order valence-electron chi connectivity index (χ0n) is 9.34. The van der Waals surface area contributed by atoms with E-state index in [1.54, 1.807) is 18.3 Å². The first kappa shape index (κ1) is 11.5. The molecule has 0 bridgehead atoms. The van der Waals surface area contributed by atoms with Crippen LogP contribution in [0.15, 0.2) is 46.5 Å². The Labute approximate surface area is 104 Å². The molecule has 0 unspecified atom stereocenters. The summed E-state index contributed by atoms with van der Waals surface area (Å²) in [6.07, 6.45) is 1.69. The number of hydrogen-bond donors (Lipinski definition) is 1. The number of rotatable bonds is 2. The highest BCUT2D eigenvalue weighted by atomic mass is 32.2. The highest BCUT2D eigenvalue weighted by Gasteiger charge is 2.07. The molecule has 84 valence electrons. The number of nitrogens with two attached hydrogens (primary N) is 1. The molecule has 3 nitrogen and oxygen atoms in total. The van der Waals surface area contributed by atoms with E-state index in [1.807, 2.05) is 25.1 Å². The van der Waals surface area contributed by atoms with Gasteiger partial charge in [0.25, 0.3) is 0 Å². The molecule has 0 atom stereocenters. The van der Waals surface area contributed by atoms with E-state index >= 15 is 0 Å². The van der Waals surface area contributed by atoms with Crippen LogP contribution in [-0.2, 0) is 0 Å².